The minimum atomic E-state index is -4.84. The molecule has 0 N–H and O–H groups in total. The van der Waals surface area contributed by atoms with Gasteiger partial charge in [0.25, 0.3) is 0 Å². The molecule has 0 unspecified atom stereocenters. The zero-order valence-corrected chi connectivity index (χ0v) is 9.22. The molecule has 0 fully saturated rings. The fourth-order valence-corrected chi connectivity index (χ4v) is 1.24. The average molecular weight is 231 g/mol. The first-order valence-corrected chi connectivity index (χ1v) is 4.65. The highest BCUT2D eigenvalue weighted by molar-refractivity contribution is 5.96. The minimum Gasteiger partial charge on any atom is -0.308 e. The Morgan fingerprint density at radius 2 is 1.75 bits per heavy atom. The molecule has 0 saturated heterocycles. The van der Waals surface area contributed by atoms with Gasteiger partial charge in [-0.3, -0.25) is 4.79 Å². The van der Waals surface area contributed by atoms with Gasteiger partial charge in [0.1, 0.15) is 0 Å². The van der Waals surface area contributed by atoms with Crippen LogP contribution >= 0.6 is 0 Å². The average Bonchev–Trinajstić information content (AvgIpc) is 2.18. The number of alkyl halides is 3. The molecule has 0 atom stereocenters. The van der Waals surface area contributed by atoms with Crippen molar-refractivity contribution in [3.8, 4) is 0 Å². The molecule has 1 rings (SSSR count). The zero-order valence-electron chi connectivity index (χ0n) is 9.22. The van der Waals surface area contributed by atoms with E-state index in [9.17, 15) is 18.0 Å². The number of hydrogen-bond donors (Lipinski definition) is 0. The predicted molar refractivity (Wildman–Crippen MR) is 55.4 cm³/mol. The summed E-state index contributed by atoms with van der Waals surface area (Å²) < 4.78 is 36.5. The van der Waals surface area contributed by atoms with E-state index < -0.39 is 12.1 Å². The second-order valence-corrected chi connectivity index (χ2v) is 3.63. The third-order valence-corrected chi connectivity index (χ3v) is 2.42. The maximum Gasteiger partial charge on any atom is 0.471 e. The number of benzene rings is 1. The maximum absolute atomic E-state index is 12.2. The number of hydrogen-bond acceptors (Lipinski definition) is 1. The van der Waals surface area contributed by atoms with E-state index in [2.05, 4.69) is 0 Å². The molecule has 0 aliphatic carbocycles. The summed E-state index contributed by atoms with van der Waals surface area (Å²) in [5, 5.41) is 0. The summed E-state index contributed by atoms with van der Waals surface area (Å²) in [6.07, 6.45) is -4.84. The Labute approximate surface area is 91.7 Å². The number of anilines is 1. The number of rotatable bonds is 1. The van der Waals surface area contributed by atoms with Crippen LogP contribution in [0.25, 0.3) is 0 Å². The highest BCUT2D eigenvalue weighted by Gasteiger charge is 2.41. The van der Waals surface area contributed by atoms with Gasteiger partial charge >= 0.3 is 12.1 Å². The van der Waals surface area contributed by atoms with E-state index in [1.54, 1.807) is 19.1 Å². The van der Waals surface area contributed by atoms with Gasteiger partial charge < -0.3 is 4.90 Å². The summed E-state index contributed by atoms with van der Waals surface area (Å²) in [7, 11) is 1.11. The molecule has 0 saturated carbocycles. The van der Waals surface area contributed by atoms with E-state index >= 15 is 0 Å². The molecule has 1 amide bonds. The molecule has 0 spiro atoms. The first kappa shape index (κ1) is 12.5. The van der Waals surface area contributed by atoms with Crippen LogP contribution in [0.5, 0.6) is 0 Å². The van der Waals surface area contributed by atoms with Crippen molar-refractivity contribution in [1.82, 2.24) is 0 Å². The van der Waals surface area contributed by atoms with Crippen LogP contribution in [0, 0.1) is 13.8 Å². The smallest absolute Gasteiger partial charge is 0.308 e. The number of carbonyl (C=O) groups is 1. The van der Waals surface area contributed by atoms with Gasteiger partial charge in [0.2, 0.25) is 0 Å². The Kier molecular flexibility index (Phi) is 3.26. The lowest BCUT2D eigenvalue weighted by molar-refractivity contribution is -0.170. The summed E-state index contributed by atoms with van der Waals surface area (Å²) in [4.78, 5) is 11.6. The van der Waals surface area contributed by atoms with Gasteiger partial charge in [-0.15, -0.1) is 0 Å². The molecule has 88 valence electrons. The molecule has 0 aliphatic heterocycles. The van der Waals surface area contributed by atoms with Crippen molar-refractivity contribution in [3.63, 3.8) is 0 Å². The number of amides is 1. The summed E-state index contributed by atoms with van der Waals surface area (Å²) in [5.74, 6) is -1.87. The molecule has 0 aromatic heterocycles. The quantitative estimate of drug-likeness (QED) is 0.727. The fourth-order valence-electron chi connectivity index (χ4n) is 1.24. The number of nitrogens with zero attached hydrogens (tertiary/aromatic N) is 1. The van der Waals surface area contributed by atoms with Gasteiger partial charge in [-0.05, 0) is 37.1 Å². The molecular weight excluding hydrogens is 219 g/mol. The van der Waals surface area contributed by atoms with E-state index in [-0.39, 0.29) is 5.69 Å². The second kappa shape index (κ2) is 4.15. The Hall–Kier alpha value is -1.52. The van der Waals surface area contributed by atoms with Crippen molar-refractivity contribution >= 4 is 11.6 Å². The Morgan fingerprint density at radius 3 is 2.19 bits per heavy atom. The number of halogens is 3. The van der Waals surface area contributed by atoms with Crippen molar-refractivity contribution in [2.75, 3.05) is 11.9 Å². The molecule has 0 aliphatic rings. The van der Waals surface area contributed by atoms with E-state index in [0.29, 0.717) is 4.90 Å². The predicted octanol–water partition coefficient (Wildman–Crippen LogP) is 2.83. The normalized spacial score (nSPS) is 11.4. The maximum atomic E-state index is 12.2. The van der Waals surface area contributed by atoms with E-state index in [4.69, 9.17) is 0 Å². The first-order valence-electron chi connectivity index (χ1n) is 4.65. The van der Waals surface area contributed by atoms with Gasteiger partial charge in [-0.2, -0.15) is 13.2 Å². The zero-order chi connectivity index (χ0) is 12.5. The first-order chi connectivity index (χ1) is 7.23. The van der Waals surface area contributed by atoms with Crippen molar-refractivity contribution in [2.24, 2.45) is 0 Å². The molecule has 1 aromatic carbocycles. The summed E-state index contributed by atoms with van der Waals surface area (Å²) >= 11 is 0. The topological polar surface area (TPSA) is 20.3 Å². The third kappa shape index (κ3) is 2.53. The largest absolute Gasteiger partial charge is 0.471 e. The Balaban J connectivity index is 3.01. The molecule has 16 heavy (non-hydrogen) atoms. The van der Waals surface area contributed by atoms with Crippen molar-refractivity contribution in [1.29, 1.82) is 0 Å². The minimum absolute atomic E-state index is 0.241. The van der Waals surface area contributed by atoms with Crippen molar-refractivity contribution in [3.05, 3.63) is 29.3 Å². The van der Waals surface area contributed by atoms with Crippen LogP contribution in [0.2, 0.25) is 0 Å². The summed E-state index contributed by atoms with van der Waals surface area (Å²) in [5.41, 5.74) is 2.06. The molecule has 0 radical (unpaired) electrons. The molecule has 1 aromatic rings. The van der Waals surface area contributed by atoms with Crippen LogP contribution in [-0.2, 0) is 4.79 Å². The van der Waals surface area contributed by atoms with Crippen LogP contribution in [0.4, 0.5) is 18.9 Å². The van der Waals surface area contributed by atoms with Crippen LogP contribution in [0.15, 0.2) is 18.2 Å². The van der Waals surface area contributed by atoms with Crippen LogP contribution < -0.4 is 4.90 Å². The second-order valence-electron chi connectivity index (χ2n) is 3.63. The van der Waals surface area contributed by atoms with Crippen LogP contribution in [0.3, 0.4) is 0 Å². The molecule has 5 heteroatoms. The van der Waals surface area contributed by atoms with Crippen molar-refractivity contribution < 1.29 is 18.0 Å². The van der Waals surface area contributed by atoms with Gasteiger partial charge in [0, 0.05) is 12.7 Å². The highest BCUT2D eigenvalue weighted by Crippen LogP contribution is 2.23. The molecule has 0 heterocycles. The third-order valence-electron chi connectivity index (χ3n) is 2.42. The van der Waals surface area contributed by atoms with Crippen LogP contribution in [-0.4, -0.2) is 19.1 Å². The van der Waals surface area contributed by atoms with Gasteiger partial charge in [0.05, 0.1) is 0 Å². The molecular formula is C11H12F3NO. The lowest BCUT2D eigenvalue weighted by Crippen LogP contribution is -2.38. The lowest BCUT2D eigenvalue weighted by atomic mass is 10.1. The Morgan fingerprint density at radius 1 is 1.19 bits per heavy atom. The Bertz CT molecular complexity index is 412. The van der Waals surface area contributed by atoms with Gasteiger partial charge in [-0.1, -0.05) is 6.07 Å². The van der Waals surface area contributed by atoms with E-state index in [1.807, 2.05) is 6.92 Å². The van der Waals surface area contributed by atoms with Crippen LogP contribution in [0.1, 0.15) is 11.1 Å². The molecule has 2 nitrogen and oxygen atoms in total. The van der Waals surface area contributed by atoms with E-state index in [0.717, 1.165) is 18.2 Å². The van der Waals surface area contributed by atoms with Gasteiger partial charge in [0.15, 0.2) is 0 Å². The van der Waals surface area contributed by atoms with Gasteiger partial charge in [-0.25, -0.2) is 0 Å². The lowest BCUT2D eigenvalue weighted by Gasteiger charge is -2.19. The summed E-state index contributed by atoms with van der Waals surface area (Å²) in [6.45, 7) is 3.63. The van der Waals surface area contributed by atoms with E-state index in [1.165, 1.54) is 6.07 Å². The SMILES string of the molecule is Cc1ccc(N(C)C(=O)C(F)(F)F)cc1C. The monoisotopic (exact) mass is 231 g/mol. The number of carbonyl (C=O) groups excluding carboxylic acids is 1. The standard InChI is InChI=1S/C11H12F3NO/c1-7-4-5-9(6-8(7)2)15(3)10(16)11(12,13)14/h4-6H,1-3H3. The molecule has 0 bridgehead atoms. The fraction of sp³-hybridized carbons (Fsp3) is 0.364. The number of aryl methyl sites for hydroxylation is 2. The summed E-state index contributed by atoms with van der Waals surface area (Å²) in [6, 6.07) is 4.73. The van der Waals surface area contributed by atoms with Crippen molar-refractivity contribution in [2.45, 2.75) is 20.0 Å². The highest BCUT2D eigenvalue weighted by atomic mass is 19.4.